The number of aliphatic imine (C=N–C) groups is 2. The van der Waals surface area contributed by atoms with E-state index in [4.69, 9.17) is 22.3 Å². The third-order valence-electron chi connectivity index (χ3n) is 5.91. The molecule has 1 fully saturated rings. The molecule has 1 aromatic carbocycles. The van der Waals surface area contributed by atoms with Crippen molar-refractivity contribution in [3.05, 3.63) is 22.8 Å². The second-order valence-electron chi connectivity index (χ2n) is 8.03. The Labute approximate surface area is 195 Å². The largest absolute Gasteiger partial charge is 0.586 e. The summed E-state index contributed by atoms with van der Waals surface area (Å²) in [5.41, 5.74) is 10.1. The second-order valence-corrected chi connectivity index (χ2v) is 8.91. The number of benzene rings is 1. The van der Waals surface area contributed by atoms with Gasteiger partial charge < -0.3 is 20.1 Å². The maximum Gasteiger partial charge on any atom is 0.586 e. The molecule has 174 valence electrons. The highest BCUT2D eigenvalue weighted by Crippen LogP contribution is 2.50. The van der Waals surface area contributed by atoms with Crippen LogP contribution in [0.4, 0.5) is 20.3 Å². The Hall–Kier alpha value is -2.81. The van der Waals surface area contributed by atoms with E-state index >= 15 is 0 Å². The number of hydrogen-bond donors (Lipinski definition) is 2. The Morgan fingerprint density at radius 3 is 2.91 bits per heavy atom. The number of piperazine rings is 1. The normalized spacial score (nSPS) is 25.6. The quantitative estimate of drug-likeness (QED) is 0.651. The van der Waals surface area contributed by atoms with Gasteiger partial charge in [-0.3, -0.25) is 4.90 Å². The highest BCUT2D eigenvalue weighted by Gasteiger charge is 2.47. The van der Waals surface area contributed by atoms with E-state index in [-0.39, 0.29) is 35.4 Å². The van der Waals surface area contributed by atoms with E-state index in [0.29, 0.717) is 23.1 Å². The monoisotopic (exact) mass is 497 g/mol. The molecule has 4 aliphatic rings. The van der Waals surface area contributed by atoms with Crippen LogP contribution in [0.15, 0.2) is 22.1 Å². The highest BCUT2D eigenvalue weighted by atomic mass is 35.5. The number of nitrogens with zero attached hydrogens (tertiary/aromatic N) is 7. The molecule has 1 aromatic heterocycles. The van der Waals surface area contributed by atoms with Crippen molar-refractivity contribution in [3.8, 4) is 11.5 Å². The third-order valence-corrected chi connectivity index (χ3v) is 6.79. The average Bonchev–Trinajstić information content (AvgIpc) is 3.45. The van der Waals surface area contributed by atoms with Gasteiger partial charge in [-0.15, -0.1) is 8.78 Å². The van der Waals surface area contributed by atoms with E-state index in [2.05, 4.69) is 45.4 Å². The summed E-state index contributed by atoms with van der Waals surface area (Å²) < 4.78 is 44.6. The van der Waals surface area contributed by atoms with Crippen LogP contribution in [0.5, 0.6) is 11.5 Å². The molecule has 0 amide bonds. The molecule has 0 saturated carbocycles. The molecule has 3 N–H and O–H groups in total. The fourth-order valence-corrected chi connectivity index (χ4v) is 5.17. The molecular formula is C18H18ClF2N9O2S. The van der Waals surface area contributed by atoms with Crippen LogP contribution >= 0.6 is 23.3 Å². The van der Waals surface area contributed by atoms with Gasteiger partial charge in [-0.1, -0.05) is 11.6 Å². The number of anilines is 1. The number of aromatic nitrogens is 2. The summed E-state index contributed by atoms with van der Waals surface area (Å²) in [5, 5.41) is 1.99. The van der Waals surface area contributed by atoms with Crippen LogP contribution in [0.2, 0.25) is 5.15 Å². The Kier molecular flexibility index (Phi) is 4.62. The Bertz CT molecular complexity index is 1190. The molecule has 2 atom stereocenters. The molecule has 4 aliphatic heterocycles. The van der Waals surface area contributed by atoms with Crippen LogP contribution in [-0.2, 0) is 0 Å². The fourth-order valence-electron chi connectivity index (χ4n) is 4.39. The molecule has 0 aliphatic carbocycles. The van der Waals surface area contributed by atoms with Crippen molar-refractivity contribution in [1.82, 2.24) is 24.1 Å². The van der Waals surface area contributed by atoms with Crippen molar-refractivity contribution < 1.29 is 18.3 Å². The number of rotatable bonds is 3. The first-order valence-corrected chi connectivity index (χ1v) is 11.3. The standard InChI is InChI=1S/C18H18ClF2N9O2S/c1-8-6-29(16-14(19)26-33-27-16)5-4-28(8)7-11-23-15-9-2-3-10-13(32-18(20,21)31-10)12(9)24-17(22)30(15)25-11/h2-3,8,11,25H,4-7H2,1H3,(H2,22,24)/t8-,11?/m1/s1. The number of amidine groups is 1. The molecule has 33 heavy (non-hydrogen) atoms. The molecule has 1 saturated heterocycles. The minimum absolute atomic E-state index is 0.0829. The van der Waals surface area contributed by atoms with Gasteiger partial charge in [0, 0.05) is 37.8 Å². The number of nitrogens with two attached hydrogens (primary N) is 1. The topological polar surface area (TPSA) is 117 Å². The lowest BCUT2D eigenvalue weighted by molar-refractivity contribution is -0.286. The number of alkyl halides is 2. The van der Waals surface area contributed by atoms with Crippen LogP contribution in [0.3, 0.4) is 0 Å². The SMILES string of the molecule is C[C@@H]1CN(c2nsnc2Cl)CCN1CC1N=C2c3ccc4c(c3N=C(N)N2N1)OC(F)(F)O4. The van der Waals surface area contributed by atoms with E-state index < -0.39 is 6.29 Å². The van der Waals surface area contributed by atoms with Gasteiger partial charge in [-0.2, -0.15) is 14.2 Å². The number of fused-ring (bicyclic) bond motifs is 5. The first-order valence-electron chi connectivity index (χ1n) is 10.2. The van der Waals surface area contributed by atoms with Crippen molar-refractivity contribution in [2.24, 2.45) is 15.7 Å². The van der Waals surface area contributed by atoms with E-state index in [1.165, 1.54) is 6.07 Å². The van der Waals surface area contributed by atoms with Crippen molar-refractivity contribution in [2.45, 2.75) is 25.4 Å². The molecular weight excluding hydrogens is 480 g/mol. The molecule has 0 radical (unpaired) electrons. The molecule has 5 heterocycles. The first kappa shape index (κ1) is 20.8. The first-order chi connectivity index (χ1) is 15.8. The van der Waals surface area contributed by atoms with Crippen LogP contribution in [0.1, 0.15) is 12.5 Å². The molecule has 0 spiro atoms. The smallest absolute Gasteiger partial charge is 0.395 e. The maximum absolute atomic E-state index is 13.6. The number of hydrogen-bond acceptors (Lipinski definition) is 12. The van der Waals surface area contributed by atoms with E-state index in [0.717, 1.165) is 37.2 Å². The van der Waals surface area contributed by atoms with Gasteiger partial charge in [0.2, 0.25) is 5.96 Å². The predicted octanol–water partition coefficient (Wildman–Crippen LogP) is 1.58. The van der Waals surface area contributed by atoms with E-state index in [1.807, 2.05) is 0 Å². The lowest BCUT2D eigenvalue weighted by atomic mass is 10.1. The van der Waals surface area contributed by atoms with Crippen molar-refractivity contribution in [2.75, 3.05) is 31.1 Å². The molecule has 6 rings (SSSR count). The molecule has 11 nitrogen and oxygen atoms in total. The minimum atomic E-state index is -3.74. The van der Waals surface area contributed by atoms with Gasteiger partial charge in [-0.25, -0.2) is 15.0 Å². The van der Waals surface area contributed by atoms with E-state index in [9.17, 15) is 8.78 Å². The summed E-state index contributed by atoms with van der Waals surface area (Å²) in [7, 11) is 0. The second kappa shape index (κ2) is 7.35. The number of nitrogens with one attached hydrogen (secondary N) is 1. The number of guanidine groups is 1. The molecule has 2 aromatic rings. The zero-order chi connectivity index (χ0) is 22.9. The number of halogens is 3. The molecule has 1 unspecified atom stereocenters. The Balaban J connectivity index is 1.21. The van der Waals surface area contributed by atoms with Gasteiger partial charge in [0.05, 0.1) is 11.7 Å². The summed E-state index contributed by atoms with van der Waals surface area (Å²) in [6, 6.07) is 3.25. The summed E-state index contributed by atoms with van der Waals surface area (Å²) in [4.78, 5) is 13.5. The van der Waals surface area contributed by atoms with Gasteiger partial charge >= 0.3 is 6.29 Å². The van der Waals surface area contributed by atoms with Gasteiger partial charge in [-0.05, 0) is 19.1 Å². The van der Waals surface area contributed by atoms with Crippen LogP contribution in [0, 0.1) is 0 Å². The summed E-state index contributed by atoms with van der Waals surface area (Å²) >= 11 is 7.24. The maximum atomic E-state index is 13.6. The van der Waals surface area contributed by atoms with Gasteiger partial charge in [0.25, 0.3) is 0 Å². The Morgan fingerprint density at radius 2 is 2.15 bits per heavy atom. The van der Waals surface area contributed by atoms with Crippen LogP contribution in [0.25, 0.3) is 0 Å². The molecule has 0 bridgehead atoms. The Morgan fingerprint density at radius 1 is 1.30 bits per heavy atom. The van der Waals surface area contributed by atoms with Crippen molar-refractivity contribution in [3.63, 3.8) is 0 Å². The number of hydrazine groups is 1. The lowest BCUT2D eigenvalue weighted by Crippen LogP contribution is -2.56. The van der Waals surface area contributed by atoms with E-state index in [1.54, 1.807) is 11.1 Å². The predicted molar refractivity (Wildman–Crippen MR) is 117 cm³/mol. The van der Waals surface area contributed by atoms with Gasteiger partial charge in [0.15, 0.2) is 28.3 Å². The molecule has 15 heteroatoms. The van der Waals surface area contributed by atoms with Crippen LogP contribution in [-0.4, -0.2) is 75.1 Å². The highest BCUT2D eigenvalue weighted by molar-refractivity contribution is 6.99. The van der Waals surface area contributed by atoms with Gasteiger partial charge in [0.1, 0.15) is 11.9 Å². The summed E-state index contributed by atoms with van der Waals surface area (Å²) in [6.45, 7) is 5.03. The van der Waals surface area contributed by atoms with Crippen molar-refractivity contribution >= 4 is 46.6 Å². The van der Waals surface area contributed by atoms with Crippen molar-refractivity contribution in [1.29, 1.82) is 0 Å². The summed E-state index contributed by atoms with van der Waals surface area (Å²) in [5.74, 6) is 1.06. The summed E-state index contributed by atoms with van der Waals surface area (Å²) in [6.07, 6.45) is -4.04. The minimum Gasteiger partial charge on any atom is -0.395 e. The van der Waals surface area contributed by atoms with Crippen LogP contribution < -0.4 is 25.5 Å². The average molecular weight is 498 g/mol. The third kappa shape index (κ3) is 3.44. The zero-order valence-electron chi connectivity index (χ0n) is 17.2. The number of ether oxygens (including phenoxy) is 2. The fraction of sp³-hybridized carbons (Fsp3) is 0.444. The zero-order valence-corrected chi connectivity index (χ0v) is 18.8. The lowest BCUT2D eigenvalue weighted by Gasteiger charge is -2.40.